The number of amides is 3. The number of nitrogen functional groups attached to an aromatic ring is 1. The number of hydrogen-bond donors (Lipinski definition) is 3. The van der Waals surface area contributed by atoms with Crippen molar-refractivity contribution < 1.29 is 14.4 Å². The number of aromatic nitrogens is 1. The van der Waals surface area contributed by atoms with E-state index in [9.17, 15) is 14.4 Å². The molecule has 0 aliphatic carbocycles. The van der Waals surface area contributed by atoms with Gasteiger partial charge in [0.1, 0.15) is 10.9 Å². The molecule has 9 nitrogen and oxygen atoms in total. The third-order valence-corrected chi connectivity index (χ3v) is 7.05. The second-order valence-electron chi connectivity index (χ2n) is 9.24. The molecule has 0 fully saturated rings. The minimum atomic E-state index is -1.06. The first-order valence-corrected chi connectivity index (χ1v) is 13.0. The standard InChI is InChI=1S/C29H30N6O3S/c1-18-8-7-11-22(16-18)35(29(38)26-23(30)24(27(31)36)33-39-26)25(20-12-14-21(15-13-20)34(2)3)28(37)32-17-19-9-5-4-6-10-19/h4-16,25H,17,30H2,1-3H3,(H2,31,36)(H,32,37)/t25-/m0/s1. The van der Waals surface area contributed by atoms with Crippen LogP contribution in [-0.4, -0.2) is 36.2 Å². The summed E-state index contributed by atoms with van der Waals surface area (Å²) in [6, 6.07) is 23.1. The van der Waals surface area contributed by atoms with Crippen molar-refractivity contribution in [3.05, 3.63) is 106 Å². The van der Waals surface area contributed by atoms with E-state index >= 15 is 0 Å². The van der Waals surface area contributed by atoms with Gasteiger partial charge >= 0.3 is 0 Å². The van der Waals surface area contributed by atoms with Gasteiger partial charge in [-0.05, 0) is 59.4 Å². The van der Waals surface area contributed by atoms with Gasteiger partial charge in [0.15, 0.2) is 5.69 Å². The number of primary amides is 1. The van der Waals surface area contributed by atoms with Gasteiger partial charge in [0.05, 0.1) is 5.69 Å². The molecule has 5 N–H and O–H groups in total. The van der Waals surface area contributed by atoms with Crippen molar-refractivity contribution >= 4 is 46.3 Å². The lowest BCUT2D eigenvalue weighted by Crippen LogP contribution is -2.44. The molecule has 3 aromatic carbocycles. The average Bonchev–Trinajstić information content (AvgIpc) is 3.32. The molecule has 200 valence electrons. The summed E-state index contributed by atoms with van der Waals surface area (Å²) in [7, 11) is 3.84. The maximum absolute atomic E-state index is 14.2. The van der Waals surface area contributed by atoms with E-state index < -0.39 is 17.9 Å². The van der Waals surface area contributed by atoms with Gasteiger partial charge < -0.3 is 21.7 Å². The summed E-state index contributed by atoms with van der Waals surface area (Å²) in [6.07, 6.45) is 0. The van der Waals surface area contributed by atoms with Crippen LogP contribution in [0.25, 0.3) is 0 Å². The summed E-state index contributed by atoms with van der Waals surface area (Å²) in [4.78, 5) is 43.3. The number of nitrogens with zero attached hydrogens (tertiary/aromatic N) is 3. The number of carbonyl (C=O) groups excluding carboxylic acids is 3. The molecule has 1 heterocycles. The molecule has 0 aliphatic rings. The van der Waals surface area contributed by atoms with Crippen LogP contribution in [0.15, 0.2) is 78.9 Å². The molecule has 0 aliphatic heterocycles. The highest BCUT2D eigenvalue weighted by molar-refractivity contribution is 7.09. The Kier molecular flexibility index (Phi) is 8.26. The minimum Gasteiger partial charge on any atom is -0.395 e. The Morgan fingerprint density at radius 1 is 0.949 bits per heavy atom. The molecule has 39 heavy (non-hydrogen) atoms. The molecule has 0 bridgehead atoms. The van der Waals surface area contributed by atoms with E-state index in [0.29, 0.717) is 11.3 Å². The topological polar surface area (TPSA) is 135 Å². The van der Waals surface area contributed by atoms with Gasteiger partial charge in [-0.1, -0.05) is 54.6 Å². The number of aryl methyl sites for hydroxylation is 1. The third-order valence-electron chi connectivity index (χ3n) is 6.20. The molecular weight excluding hydrogens is 512 g/mol. The molecule has 1 atom stereocenters. The molecule has 3 amide bonds. The lowest BCUT2D eigenvalue weighted by atomic mass is 10.0. The van der Waals surface area contributed by atoms with Crippen molar-refractivity contribution in [2.45, 2.75) is 19.5 Å². The van der Waals surface area contributed by atoms with E-state index in [1.807, 2.05) is 98.7 Å². The first-order valence-electron chi connectivity index (χ1n) is 12.2. The fourth-order valence-corrected chi connectivity index (χ4v) is 4.90. The number of nitrogens with one attached hydrogen (secondary N) is 1. The second-order valence-corrected chi connectivity index (χ2v) is 10.0. The third kappa shape index (κ3) is 6.07. The molecule has 4 rings (SSSR count). The number of benzene rings is 3. The largest absolute Gasteiger partial charge is 0.395 e. The summed E-state index contributed by atoms with van der Waals surface area (Å²) in [5.74, 6) is -1.79. The number of rotatable bonds is 9. The van der Waals surface area contributed by atoms with E-state index in [1.54, 1.807) is 6.07 Å². The van der Waals surface area contributed by atoms with Gasteiger partial charge in [-0.2, -0.15) is 4.37 Å². The zero-order chi connectivity index (χ0) is 28.1. The van der Waals surface area contributed by atoms with Crippen molar-refractivity contribution in [1.82, 2.24) is 9.69 Å². The lowest BCUT2D eigenvalue weighted by molar-refractivity contribution is -0.122. The van der Waals surface area contributed by atoms with Crippen LogP contribution >= 0.6 is 11.5 Å². The zero-order valence-corrected chi connectivity index (χ0v) is 22.7. The van der Waals surface area contributed by atoms with Crippen molar-refractivity contribution in [1.29, 1.82) is 0 Å². The van der Waals surface area contributed by atoms with Crippen LogP contribution in [0.1, 0.15) is 42.9 Å². The maximum atomic E-state index is 14.2. The monoisotopic (exact) mass is 542 g/mol. The Morgan fingerprint density at radius 2 is 1.64 bits per heavy atom. The quantitative estimate of drug-likeness (QED) is 0.294. The first kappa shape index (κ1) is 27.3. The molecule has 0 radical (unpaired) electrons. The highest BCUT2D eigenvalue weighted by atomic mass is 32.1. The van der Waals surface area contributed by atoms with Gasteiger partial charge in [0.25, 0.3) is 11.8 Å². The minimum absolute atomic E-state index is 0.0241. The number of hydrogen-bond acceptors (Lipinski definition) is 7. The summed E-state index contributed by atoms with van der Waals surface area (Å²) >= 11 is 0.775. The Balaban J connectivity index is 1.84. The molecular formula is C29H30N6O3S. The Morgan fingerprint density at radius 3 is 2.23 bits per heavy atom. The number of nitrogens with two attached hydrogens (primary N) is 2. The van der Waals surface area contributed by atoms with Crippen molar-refractivity contribution in [3.63, 3.8) is 0 Å². The highest BCUT2D eigenvalue weighted by Crippen LogP contribution is 2.34. The first-order chi connectivity index (χ1) is 18.7. The second kappa shape index (κ2) is 11.8. The molecule has 0 unspecified atom stereocenters. The van der Waals surface area contributed by atoms with Crippen LogP contribution < -0.4 is 26.6 Å². The average molecular weight is 543 g/mol. The van der Waals surface area contributed by atoms with Gasteiger partial charge in [-0.15, -0.1) is 0 Å². The molecule has 0 spiro atoms. The molecule has 4 aromatic rings. The van der Waals surface area contributed by atoms with E-state index in [-0.39, 0.29) is 28.7 Å². The van der Waals surface area contributed by atoms with Gasteiger partial charge in [0.2, 0.25) is 5.91 Å². The number of anilines is 3. The van der Waals surface area contributed by atoms with Crippen LogP contribution in [0.2, 0.25) is 0 Å². The Bertz CT molecular complexity index is 1480. The van der Waals surface area contributed by atoms with E-state index in [0.717, 1.165) is 28.3 Å². The summed E-state index contributed by atoms with van der Waals surface area (Å²) in [5.41, 5.74) is 15.1. The van der Waals surface area contributed by atoms with Gasteiger partial charge in [0, 0.05) is 32.0 Å². The predicted octanol–water partition coefficient (Wildman–Crippen LogP) is 3.90. The van der Waals surface area contributed by atoms with Crippen LogP contribution in [0, 0.1) is 6.92 Å². The van der Waals surface area contributed by atoms with E-state index in [4.69, 9.17) is 11.5 Å². The van der Waals surface area contributed by atoms with Crippen LogP contribution in [0.3, 0.4) is 0 Å². The van der Waals surface area contributed by atoms with E-state index in [2.05, 4.69) is 9.69 Å². The number of carbonyl (C=O) groups is 3. The lowest BCUT2D eigenvalue weighted by Gasteiger charge is -2.32. The Hall–Kier alpha value is -4.70. The Labute approximate surface area is 231 Å². The smallest absolute Gasteiger partial charge is 0.273 e. The molecule has 0 saturated heterocycles. The maximum Gasteiger partial charge on any atom is 0.273 e. The van der Waals surface area contributed by atoms with Crippen LogP contribution in [0.4, 0.5) is 17.1 Å². The molecule has 1 aromatic heterocycles. The van der Waals surface area contributed by atoms with E-state index in [1.165, 1.54) is 4.90 Å². The van der Waals surface area contributed by atoms with Gasteiger partial charge in [-0.3, -0.25) is 19.3 Å². The highest BCUT2D eigenvalue weighted by Gasteiger charge is 2.36. The fraction of sp³-hybridized carbons (Fsp3) is 0.172. The zero-order valence-electron chi connectivity index (χ0n) is 21.9. The van der Waals surface area contributed by atoms with Crippen molar-refractivity contribution in [2.24, 2.45) is 5.73 Å². The van der Waals surface area contributed by atoms with Gasteiger partial charge in [-0.25, -0.2) is 0 Å². The summed E-state index contributed by atoms with van der Waals surface area (Å²) in [5, 5.41) is 2.98. The summed E-state index contributed by atoms with van der Waals surface area (Å²) < 4.78 is 4.00. The van der Waals surface area contributed by atoms with Crippen LogP contribution in [0.5, 0.6) is 0 Å². The normalized spacial score (nSPS) is 11.5. The van der Waals surface area contributed by atoms with Crippen molar-refractivity contribution in [2.75, 3.05) is 29.6 Å². The molecule has 0 saturated carbocycles. The summed E-state index contributed by atoms with van der Waals surface area (Å²) in [6.45, 7) is 2.17. The fourth-order valence-electron chi connectivity index (χ4n) is 4.15. The molecule has 10 heteroatoms. The predicted molar refractivity (Wildman–Crippen MR) is 155 cm³/mol. The SMILES string of the molecule is Cc1cccc(N(C(=O)c2snc(C(N)=O)c2N)[C@H](C(=O)NCc2ccccc2)c2ccc(N(C)C)cc2)c1. The van der Waals surface area contributed by atoms with Crippen molar-refractivity contribution in [3.8, 4) is 0 Å². The van der Waals surface area contributed by atoms with Crippen LogP contribution in [-0.2, 0) is 11.3 Å².